The van der Waals surface area contributed by atoms with E-state index in [1.54, 1.807) is 12.1 Å². The van der Waals surface area contributed by atoms with Gasteiger partial charge in [0.05, 0.1) is 19.3 Å². The number of rotatable bonds is 5. The van der Waals surface area contributed by atoms with Crippen molar-refractivity contribution < 1.29 is 14.2 Å². The summed E-state index contributed by atoms with van der Waals surface area (Å²) in [6.45, 7) is 0. The third-order valence-electron chi connectivity index (χ3n) is 3.27. The molecule has 2 aromatic rings. The molecular formula is C16H18FNO2. The zero-order valence-corrected chi connectivity index (χ0v) is 11.3. The van der Waals surface area contributed by atoms with E-state index in [0.29, 0.717) is 12.2 Å². The number of halogens is 1. The first kappa shape index (κ1) is 14.5. The predicted octanol–water partition coefficient (Wildman–Crippen LogP) is 2.44. The molecule has 3 N–H and O–H groups in total. The molecule has 106 valence electrons. The van der Waals surface area contributed by atoms with Crippen LogP contribution in [0.3, 0.4) is 0 Å². The van der Waals surface area contributed by atoms with Gasteiger partial charge in [0.1, 0.15) is 11.6 Å². The van der Waals surface area contributed by atoms with E-state index >= 15 is 0 Å². The molecule has 0 heterocycles. The lowest BCUT2D eigenvalue weighted by molar-refractivity contribution is 0.143. The van der Waals surface area contributed by atoms with Crippen molar-refractivity contribution in [2.24, 2.45) is 5.73 Å². The Hall–Kier alpha value is -1.91. The lowest BCUT2D eigenvalue weighted by Gasteiger charge is -2.20. The second-order valence-corrected chi connectivity index (χ2v) is 4.67. The topological polar surface area (TPSA) is 55.5 Å². The normalized spacial score (nSPS) is 13.8. The molecule has 0 bridgehead atoms. The van der Waals surface area contributed by atoms with E-state index in [4.69, 9.17) is 10.5 Å². The second-order valence-electron chi connectivity index (χ2n) is 4.67. The smallest absolute Gasteiger partial charge is 0.131 e. The van der Waals surface area contributed by atoms with Crippen LogP contribution < -0.4 is 10.5 Å². The Bertz CT molecular complexity index is 560. The van der Waals surface area contributed by atoms with Crippen LogP contribution in [0.15, 0.2) is 48.5 Å². The summed E-state index contributed by atoms with van der Waals surface area (Å²) in [5.41, 5.74) is 7.20. The fourth-order valence-corrected chi connectivity index (χ4v) is 2.09. The van der Waals surface area contributed by atoms with Gasteiger partial charge < -0.3 is 15.6 Å². The quantitative estimate of drug-likeness (QED) is 0.881. The summed E-state index contributed by atoms with van der Waals surface area (Å²) in [5, 5.41) is 10.2. The Morgan fingerprint density at radius 1 is 1.20 bits per heavy atom. The van der Waals surface area contributed by atoms with Crippen molar-refractivity contribution in [3.63, 3.8) is 0 Å². The van der Waals surface area contributed by atoms with Gasteiger partial charge in [0.15, 0.2) is 0 Å². The molecule has 0 unspecified atom stereocenters. The highest BCUT2D eigenvalue weighted by atomic mass is 19.1. The van der Waals surface area contributed by atoms with E-state index in [2.05, 4.69) is 0 Å². The molecule has 4 heteroatoms. The number of methoxy groups -OCH3 is 1. The number of aliphatic hydroxyl groups excluding tert-OH is 1. The van der Waals surface area contributed by atoms with Crippen LogP contribution in [0.4, 0.5) is 4.39 Å². The molecule has 0 aliphatic heterocycles. The van der Waals surface area contributed by atoms with Crippen LogP contribution in [0.2, 0.25) is 0 Å². The molecule has 2 rings (SSSR count). The number of benzene rings is 2. The van der Waals surface area contributed by atoms with Crippen molar-refractivity contribution in [1.82, 2.24) is 0 Å². The van der Waals surface area contributed by atoms with Gasteiger partial charge in [0.25, 0.3) is 0 Å². The highest BCUT2D eigenvalue weighted by molar-refractivity contribution is 5.31. The average Bonchev–Trinajstić information content (AvgIpc) is 2.47. The molecule has 20 heavy (non-hydrogen) atoms. The van der Waals surface area contributed by atoms with E-state index in [1.807, 2.05) is 30.3 Å². The van der Waals surface area contributed by atoms with E-state index in [-0.39, 0.29) is 5.56 Å². The number of aliphatic hydroxyl groups is 1. The van der Waals surface area contributed by atoms with Crippen molar-refractivity contribution in [2.75, 3.05) is 7.11 Å². The number of nitrogens with two attached hydrogens (primary N) is 1. The van der Waals surface area contributed by atoms with Gasteiger partial charge in [-0.2, -0.15) is 0 Å². The van der Waals surface area contributed by atoms with Crippen LogP contribution in [0, 0.1) is 5.82 Å². The molecule has 0 aliphatic carbocycles. The molecule has 0 spiro atoms. The number of ether oxygens (including phenoxy) is 1. The maximum atomic E-state index is 13.9. The highest BCUT2D eigenvalue weighted by Gasteiger charge is 2.20. The zero-order chi connectivity index (χ0) is 14.5. The minimum Gasteiger partial charge on any atom is -0.497 e. The molecule has 0 aromatic heterocycles. The average molecular weight is 275 g/mol. The van der Waals surface area contributed by atoms with Crippen LogP contribution in [-0.4, -0.2) is 18.3 Å². The standard InChI is InChI=1S/C16H18FNO2/c1-20-12-7-8-13(14(17)10-12)16(18)15(19)9-11-5-3-2-4-6-11/h2-8,10,15-16,19H,9,18H2,1H3/t15-,16+/m1/s1. The van der Waals surface area contributed by atoms with Gasteiger partial charge in [-0.3, -0.25) is 0 Å². The Morgan fingerprint density at radius 3 is 2.50 bits per heavy atom. The van der Waals surface area contributed by atoms with Crippen molar-refractivity contribution in [3.05, 3.63) is 65.5 Å². The van der Waals surface area contributed by atoms with Crippen LogP contribution in [-0.2, 0) is 6.42 Å². The van der Waals surface area contributed by atoms with Crippen LogP contribution in [0.1, 0.15) is 17.2 Å². The first-order valence-corrected chi connectivity index (χ1v) is 6.43. The lowest BCUT2D eigenvalue weighted by atomic mass is 9.96. The minimum absolute atomic E-state index is 0.286. The SMILES string of the molecule is COc1ccc([C@H](N)[C@H](O)Cc2ccccc2)c(F)c1. The summed E-state index contributed by atoms with van der Waals surface area (Å²) in [4.78, 5) is 0. The van der Waals surface area contributed by atoms with Gasteiger partial charge in [-0.15, -0.1) is 0 Å². The molecule has 0 amide bonds. The van der Waals surface area contributed by atoms with Crippen LogP contribution in [0.25, 0.3) is 0 Å². The van der Waals surface area contributed by atoms with Gasteiger partial charge in [-0.25, -0.2) is 4.39 Å². The Balaban J connectivity index is 2.12. The molecule has 0 saturated carbocycles. The van der Waals surface area contributed by atoms with E-state index in [9.17, 15) is 9.50 Å². The van der Waals surface area contributed by atoms with Crippen molar-refractivity contribution in [1.29, 1.82) is 0 Å². The number of hydrogen-bond acceptors (Lipinski definition) is 3. The van der Waals surface area contributed by atoms with E-state index in [0.717, 1.165) is 5.56 Å². The molecule has 0 fully saturated rings. The molecular weight excluding hydrogens is 257 g/mol. The summed E-state index contributed by atoms with van der Waals surface area (Å²) in [5.74, 6) is -0.0417. The fourth-order valence-electron chi connectivity index (χ4n) is 2.09. The van der Waals surface area contributed by atoms with Crippen molar-refractivity contribution in [2.45, 2.75) is 18.6 Å². The zero-order valence-electron chi connectivity index (χ0n) is 11.3. The predicted molar refractivity (Wildman–Crippen MR) is 76.0 cm³/mol. The molecule has 0 saturated heterocycles. The van der Waals surface area contributed by atoms with Crippen molar-refractivity contribution in [3.8, 4) is 5.75 Å². The van der Waals surface area contributed by atoms with Crippen LogP contribution in [0.5, 0.6) is 5.75 Å². The van der Waals surface area contributed by atoms with Gasteiger partial charge in [-0.1, -0.05) is 36.4 Å². The van der Waals surface area contributed by atoms with Gasteiger partial charge >= 0.3 is 0 Å². The monoisotopic (exact) mass is 275 g/mol. The first-order valence-electron chi connectivity index (χ1n) is 6.43. The summed E-state index contributed by atoms with van der Waals surface area (Å²) in [7, 11) is 1.47. The van der Waals surface area contributed by atoms with Crippen LogP contribution >= 0.6 is 0 Å². The molecule has 2 atom stereocenters. The lowest BCUT2D eigenvalue weighted by Crippen LogP contribution is -2.28. The molecule has 0 aliphatic rings. The third-order valence-corrected chi connectivity index (χ3v) is 3.27. The Morgan fingerprint density at radius 2 is 1.90 bits per heavy atom. The second kappa shape index (κ2) is 6.50. The van der Waals surface area contributed by atoms with Gasteiger partial charge in [0.2, 0.25) is 0 Å². The molecule has 0 radical (unpaired) electrons. The van der Waals surface area contributed by atoms with Gasteiger partial charge in [0, 0.05) is 18.1 Å². The summed E-state index contributed by atoms with van der Waals surface area (Å²) in [6, 6.07) is 13.2. The van der Waals surface area contributed by atoms with E-state index in [1.165, 1.54) is 13.2 Å². The molecule has 3 nitrogen and oxygen atoms in total. The first-order chi connectivity index (χ1) is 9.61. The fraction of sp³-hybridized carbons (Fsp3) is 0.250. The van der Waals surface area contributed by atoms with E-state index < -0.39 is 18.0 Å². The largest absolute Gasteiger partial charge is 0.497 e. The summed E-state index contributed by atoms with van der Waals surface area (Å²) >= 11 is 0. The van der Waals surface area contributed by atoms with Crippen molar-refractivity contribution >= 4 is 0 Å². The summed E-state index contributed by atoms with van der Waals surface area (Å²) in [6.07, 6.45) is -0.465. The maximum absolute atomic E-state index is 13.9. The summed E-state index contributed by atoms with van der Waals surface area (Å²) < 4.78 is 18.9. The Labute approximate surface area is 117 Å². The maximum Gasteiger partial charge on any atom is 0.131 e. The minimum atomic E-state index is -0.847. The highest BCUT2D eigenvalue weighted by Crippen LogP contribution is 2.24. The van der Waals surface area contributed by atoms with Gasteiger partial charge in [-0.05, 0) is 11.6 Å². The third kappa shape index (κ3) is 3.35. The Kier molecular flexibility index (Phi) is 4.71. The molecule has 2 aromatic carbocycles. The number of hydrogen-bond donors (Lipinski definition) is 2.